The zero-order chi connectivity index (χ0) is 17.0. The Morgan fingerprint density at radius 2 is 2.17 bits per heavy atom. The van der Waals surface area contributed by atoms with Gasteiger partial charge in [-0.1, -0.05) is 12.1 Å². The van der Waals surface area contributed by atoms with Crippen LogP contribution in [0.5, 0.6) is 0 Å². The van der Waals surface area contributed by atoms with Gasteiger partial charge in [-0.25, -0.2) is 4.98 Å². The highest BCUT2D eigenvalue weighted by molar-refractivity contribution is 7.14. The monoisotopic (exact) mass is 343 g/mol. The number of anilines is 1. The molecule has 8 heteroatoms. The van der Waals surface area contributed by atoms with Crippen molar-refractivity contribution in [3.8, 4) is 11.3 Å². The molecule has 4 nitrogen and oxygen atoms in total. The molecule has 1 aromatic carbocycles. The summed E-state index contributed by atoms with van der Waals surface area (Å²) in [5, 5.41) is 4.58. The van der Waals surface area contributed by atoms with Crippen LogP contribution in [0.2, 0.25) is 0 Å². The molecule has 0 spiro atoms. The molecule has 0 saturated carbocycles. The van der Waals surface area contributed by atoms with Crippen LogP contribution in [-0.2, 0) is 11.0 Å². The molecular weight excluding hydrogens is 327 g/mol. The van der Waals surface area contributed by atoms with Crippen molar-refractivity contribution in [2.75, 3.05) is 5.32 Å². The highest BCUT2D eigenvalue weighted by atomic mass is 32.1. The number of nitrogens with zero attached hydrogens (tertiary/aromatic N) is 1. The van der Waals surface area contributed by atoms with Gasteiger partial charge in [-0.15, -0.1) is 11.3 Å². The van der Waals surface area contributed by atoms with Crippen LogP contribution in [0.15, 0.2) is 29.6 Å². The summed E-state index contributed by atoms with van der Waals surface area (Å²) in [7, 11) is 0. The van der Waals surface area contributed by atoms with Crippen molar-refractivity contribution >= 4 is 22.4 Å². The minimum absolute atomic E-state index is 0.0716. The Hall–Kier alpha value is -1.93. The van der Waals surface area contributed by atoms with Gasteiger partial charge in [0.05, 0.1) is 11.3 Å². The zero-order valence-corrected chi connectivity index (χ0v) is 13.2. The fraction of sp³-hybridized carbons (Fsp3) is 0.333. The van der Waals surface area contributed by atoms with E-state index >= 15 is 0 Å². The lowest BCUT2D eigenvalue weighted by Crippen LogP contribution is -2.19. The molecule has 1 amide bonds. The molecule has 0 radical (unpaired) electrons. The van der Waals surface area contributed by atoms with Crippen LogP contribution < -0.4 is 11.1 Å². The number of aromatic nitrogens is 1. The number of hydrogen-bond acceptors (Lipinski definition) is 4. The largest absolute Gasteiger partial charge is 0.416 e. The molecule has 0 bridgehead atoms. The Bertz CT molecular complexity index is 683. The van der Waals surface area contributed by atoms with Crippen molar-refractivity contribution in [1.29, 1.82) is 0 Å². The van der Waals surface area contributed by atoms with Crippen molar-refractivity contribution in [2.24, 2.45) is 5.73 Å². The Labute approximate surface area is 135 Å². The van der Waals surface area contributed by atoms with Crippen molar-refractivity contribution < 1.29 is 18.0 Å². The molecule has 0 aliphatic heterocycles. The smallest absolute Gasteiger partial charge is 0.328 e. The number of halogens is 3. The number of nitrogens with two attached hydrogens (primary N) is 1. The molecule has 2 rings (SSSR count). The van der Waals surface area contributed by atoms with Gasteiger partial charge in [0.1, 0.15) is 0 Å². The topological polar surface area (TPSA) is 68.0 Å². The van der Waals surface area contributed by atoms with Gasteiger partial charge in [0.2, 0.25) is 5.91 Å². The van der Waals surface area contributed by atoms with Gasteiger partial charge in [0, 0.05) is 23.4 Å². The molecule has 124 valence electrons. The third-order valence-electron chi connectivity index (χ3n) is 3.06. The van der Waals surface area contributed by atoms with Crippen LogP contribution in [0, 0.1) is 0 Å². The van der Waals surface area contributed by atoms with E-state index in [1.54, 1.807) is 11.4 Å². The maximum Gasteiger partial charge on any atom is 0.416 e. The minimum Gasteiger partial charge on any atom is -0.328 e. The number of benzene rings is 1. The van der Waals surface area contributed by atoms with E-state index in [2.05, 4.69) is 10.3 Å². The number of amides is 1. The molecule has 2 aromatic rings. The number of hydrogen-bond donors (Lipinski definition) is 2. The van der Waals surface area contributed by atoms with Gasteiger partial charge in [0.15, 0.2) is 5.13 Å². The van der Waals surface area contributed by atoms with Crippen LogP contribution in [0.25, 0.3) is 11.3 Å². The van der Waals surface area contributed by atoms with Gasteiger partial charge in [-0.2, -0.15) is 13.2 Å². The lowest BCUT2D eigenvalue weighted by Gasteiger charge is -2.07. The predicted octanol–water partition coefficient (Wildman–Crippen LogP) is 3.89. The van der Waals surface area contributed by atoms with E-state index in [0.29, 0.717) is 22.8 Å². The number of alkyl halides is 3. The summed E-state index contributed by atoms with van der Waals surface area (Å²) in [6, 6.07) is 4.85. The second kappa shape index (κ2) is 7.10. The van der Waals surface area contributed by atoms with Crippen LogP contribution >= 0.6 is 11.3 Å². The highest BCUT2D eigenvalue weighted by Gasteiger charge is 2.30. The summed E-state index contributed by atoms with van der Waals surface area (Å²) in [6.45, 7) is 1.81. The molecule has 1 atom stereocenters. The Balaban J connectivity index is 2.09. The highest BCUT2D eigenvalue weighted by Crippen LogP contribution is 2.33. The first kappa shape index (κ1) is 17.4. The van der Waals surface area contributed by atoms with Gasteiger partial charge >= 0.3 is 6.18 Å². The van der Waals surface area contributed by atoms with Gasteiger partial charge < -0.3 is 11.1 Å². The van der Waals surface area contributed by atoms with E-state index in [1.807, 2.05) is 6.92 Å². The van der Waals surface area contributed by atoms with Gasteiger partial charge in [-0.05, 0) is 25.5 Å². The van der Waals surface area contributed by atoms with E-state index in [0.717, 1.165) is 23.5 Å². The third-order valence-corrected chi connectivity index (χ3v) is 3.82. The fourth-order valence-electron chi connectivity index (χ4n) is 1.86. The van der Waals surface area contributed by atoms with Crippen molar-refractivity contribution in [1.82, 2.24) is 4.98 Å². The number of carbonyl (C=O) groups excluding carboxylic acids is 1. The molecule has 3 N–H and O–H groups in total. The zero-order valence-electron chi connectivity index (χ0n) is 12.4. The van der Waals surface area contributed by atoms with Crippen molar-refractivity contribution in [3.63, 3.8) is 0 Å². The summed E-state index contributed by atoms with van der Waals surface area (Å²) < 4.78 is 38.2. The second-order valence-corrected chi connectivity index (χ2v) is 6.04. The third kappa shape index (κ3) is 5.04. The quantitative estimate of drug-likeness (QED) is 0.865. The summed E-state index contributed by atoms with van der Waals surface area (Å²) in [4.78, 5) is 15.9. The van der Waals surface area contributed by atoms with Crippen LogP contribution in [0.4, 0.5) is 18.3 Å². The van der Waals surface area contributed by atoms with Crippen LogP contribution in [-0.4, -0.2) is 16.9 Å². The molecule has 1 heterocycles. The lowest BCUT2D eigenvalue weighted by molar-refractivity contribution is -0.137. The summed E-state index contributed by atoms with van der Waals surface area (Å²) in [5.41, 5.74) is 5.59. The van der Waals surface area contributed by atoms with Gasteiger partial charge in [0.25, 0.3) is 0 Å². The summed E-state index contributed by atoms with van der Waals surface area (Å²) >= 11 is 1.16. The predicted molar refractivity (Wildman–Crippen MR) is 84.1 cm³/mol. The average Bonchev–Trinajstić information content (AvgIpc) is 2.93. The molecule has 1 unspecified atom stereocenters. The summed E-state index contributed by atoms with van der Waals surface area (Å²) in [5.74, 6) is -0.216. The Morgan fingerprint density at radius 1 is 1.43 bits per heavy atom. The molecule has 1 aromatic heterocycles. The number of rotatable bonds is 5. The molecule has 0 aliphatic rings. The molecule has 0 saturated heterocycles. The maximum absolute atomic E-state index is 12.7. The average molecular weight is 343 g/mol. The number of nitrogens with one attached hydrogen (secondary N) is 1. The minimum atomic E-state index is -4.40. The summed E-state index contributed by atoms with van der Waals surface area (Å²) in [6.07, 6.45) is -3.57. The fourth-order valence-corrected chi connectivity index (χ4v) is 2.59. The van der Waals surface area contributed by atoms with Crippen molar-refractivity contribution in [3.05, 3.63) is 35.2 Å². The molecule has 0 aliphatic carbocycles. The van der Waals surface area contributed by atoms with Gasteiger partial charge in [-0.3, -0.25) is 4.79 Å². The number of thiazole rings is 1. The van der Waals surface area contributed by atoms with E-state index in [9.17, 15) is 18.0 Å². The molecule has 23 heavy (non-hydrogen) atoms. The molecule has 0 fully saturated rings. The Kier molecular flexibility index (Phi) is 5.38. The van der Waals surface area contributed by atoms with E-state index in [-0.39, 0.29) is 18.4 Å². The standard InChI is InChI=1S/C15H16F3N3OS/c1-9(19)5-6-13(22)21-14-20-12(8-23-14)10-3-2-4-11(7-10)15(16,17)18/h2-4,7-9H,5-6,19H2,1H3,(H,20,21,22). The SMILES string of the molecule is CC(N)CCC(=O)Nc1nc(-c2cccc(C(F)(F)F)c2)cs1. The Morgan fingerprint density at radius 3 is 2.83 bits per heavy atom. The second-order valence-electron chi connectivity index (χ2n) is 5.18. The van der Waals surface area contributed by atoms with Crippen LogP contribution in [0.1, 0.15) is 25.3 Å². The maximum atomic E-state index is 12.7. The van der Waals surface area contributed by atoms with Crippen molar-refractivity contribution in [2.45, 2.75) is 32.0 Å². The van der Waals surface area contributed by atoms with E-state index < -0.39 is 11.7 Å². The first-order chi connectivity index (χ1) is 10.8. The normalized spacial score (nSPS) is 12.9. The molecular formula is C15H16F3N3OS. The van der Waals surface area contributed by atoms with E-state index in [4.69, 9.17) is 5.73 Å². The first-order valence-corrected chi connectivity index (χ1v) is 7.82. The lowest BCUT2D eigenvalue weighted by atomic mass is 10.1. The first-order valence-electron chi connectivity index (χ1n) is 6.94. The number of carbonyl (C=O) groups is 1. The van der Waals surface area contributed by atoms with Crippen LogP contribution in [0.3, 0.4) is 0 Å². The van der Waals surface area contributed by atoms with E-state index in [1.165, 1.54) is 6.07 Å².